The first-order valence-corrected chi connectivity index (χ1v) is 13.2. The summed E-state index contributed by atoms with van der Waals surface area (Å²) < 4.78 is 0. The number of hydrogen-bond donors (Lipinski definition) is 3. The van der Waals surface area contributed by atoms with Gasteiger partial charge in [-0.25, -0.2) is 4.79 Å². The van der Waals surface area contributed by atoms with Gasteiger partial charge in [-0.05, 0) is 62.0 Å². The molecule has 9 heteroatoms. The Morgan fingerprint density at radius 3 is 2.25 bits per heavy atom. The van der Waals surface area contributed by atoms with Crippen LogP contribution in [0.3, 0.4) is 0 Å². The van der Waals surface area contributed by atoms with Gasteiger partial charge < -0.3 is 25.5 Å². The molecule has 3 aromatic rings. The minimum atomic E-state index is -1.06. The number of aromatic carboxylic acids is 1. The molecule has 206 valence electrons. The molecule has 0 bridgehead atoms. The molecule has 0 saturated carbocycles. The summed E-state index contributed by atoms with van der Waals surface area (Å²) in [6, 6.07) is 19.9. The van der Waals surface area contributed by atoms with Crippen molar-refractivity contribution in [1.29, 1.82) is 0 Å². The highest BCUT2D eigenvalue weighted by Gasteiger charge is 2.29. The van der Waals surface area contributed by atoms with Crippen molar-refractivity contribution in [2.75, 3.05) is 62.4 Å². The number of fused-ring (bicyclic) bond motifs is 1. The Kier molecular flexibility index (Phi) is 7.68. The van der Waals surface area contributed by atoms with Crippen LogP contribution in [0.1, 0.15) is 27.0 Å². The summed E-state index contributed by atoms with van der Waals surface area (Å²) in [6.45, 7) is 6.02. The van der Waals surface area contributed by atoms with Crippen molar-refractivity contribution in [1.82, 2.24) is 9.80 Å². The van der Waals surface area contributed by atoms with Crippen LogP contribution in [-0.4, -0.2) is 79.5 Å². The second kappa shape index (κ2) is 11.3. The van der Waals surface area contributed by atoms with E-state index in [2.05, 4.69) is 27.5 Å². The van der Waals surface area contributed by atoms with Gasteiger partial charge in [0.2, 0.25) is 5.91 Å². The number of amides is 2. The molecule has 5 rings (SSSR count). The Labute approximate surface area is 233 Å². The first-order chi connectivity index (χ1) is 19.2. The zero-order chi connectivity index (χ0) is 28.4. The molecule has 1 saturated heterocycles. The van der Waals surface area contributed by atoms with Crippen LogP contribution in [-0.2, 0) is 9.59 Å². The molecular formula is C31H33N5O4. The summed E-state index contributed by atoms with van der Waals surface area (Å²) in [6.07, 6.45) is 0. The molecule has 1 fully saturated rings. The van der Waals surface area contributed by atoms with Gasteiger partial charge in [-0.2, -0.15) is 0 Å². The Bertz CT molecular complexity index is 1470. The molecule has 9 nitrogen and oxygen atoms in total. The zero-order valence-corrected chi connectivity index (χ0v) is 22.9. The van der Waals surface area contributed by atoms with Crippen LogP contribution in [0.15, 0.2) is 66.7 Å². The van der Waals surface area contributed by atoms with Crippen LogP contribution in [0.4, 0.5) is 17.1 Å². The van der Waals surface area contributed by atoms with Crippen molar-refractivity contribution < 1.29 is 19.5 Å². The van der Waals surface area contributed by atoms with E-state index in [1.54, 1.807) is 18.0 Å². The molecule has 3 aromatic carbocycles. The fourth-order valence-electron chi connectivity index (χ4n) is 4.91. The van der Waals surface area contributed by atoms with Crippen LogP contribution >= 0.6 is 0 Å². The van der Waals surface area contributed by atoms with Gasteiger partial charge in [0.25, 0.3) is 5.91 Å². The first-order valence-electron chi connectivity index (χ1n) is 13.2. The number of anilines is 3. The van der Waals surface area contributed by atoms with Crippen molar-refractivity contribution >= 4 is 46.1 Å². The number of likely N-dealkylation sites (N-methyl/N-ethyl adjacent to an activating group) is 2. The summed E-state index contributed by atoms with van der Waals surface area (Å²) in [4.78, 5) is 43.9. The van der Waals surface area contributed by atoms with E-state index in [1.165, 1.54) is 12.1 Å². The summed E-state index contributed by atoms with van der Waals surface area (Å²) in [5.74, 6) is -1.35. The molecule has 0 radical (unpaired) electrons. The van der Waals surface area contributed by atoms with Crippen LogP contribution in [0, 0.1) is 6.92 Å². The van der Waals surface area contributed by atoms with Crippen molar-refractivity contribution in [3.63, 3.8) is 0 Å². The summed E-state index contributed by atoms with van der Waals surface area (Å²) in [5.41, 5.74) is 5.47. The van der Waals surface area contributed by atoms with E-state index < -0.39 is 5.97 Å². The third-order valence-electron chi connectivity index (χ3n) is 7.45. The third kappa shape index (κ3) is 5.75. The number of carbonyl (C=O) groups excluding carboxylic acids is 2. The maximum atomic E-state index is 13.2. The molecule has 0 unspecified atom stereocenters. The largest absolute Gasteiger partial charge is 0.478 e. The predicted octanol–water partition coefficient (Wildman–Crippen LogP) is 3.84. The number of carboxylic acid groups (broad SMARTS) is 1. The van der Waals surface area contributed by atoms with Crippen molar-refractivity contribution in [2.24, 2.45) is 0 Å². The topological polar surface area (TPSA) is 105 Å². The lowest BCUT2D eigenvalue weighted by molar-refractivity contribution is -0.119. The maximum absolute atomic E-state index is 13.2. The van der Waals surface area contributed by atoms with Crippen LogP contribution in [0.25, 0.3) is 11.3 Å². The van der Waals surface area contributed by atoms with Gasteiger partial charge in [0.15, 0.2) is 0 Å². The minimum Gasteiger partial charge on any atom is -0.478 e. The Morgan fingerprint density at radius 2 is 1.60 bits per heavy atom. The van der Waals surface area contributed by atoms with Gasteiger partial charge in [0.05, 0.1) is 23.4 Å². The fourth-order valence-corrected chi connectivity index (χ4v) is 4.91. The van der Waals surface area contributed by atoms with E-state index in [-0.39, 0.29) is 17.4 Å². The van der Waals surface area contributed by atoms with Crippen LogP contribution < -0.4 is 15.5 Å². The summed E-state index contributed by atoms with van der Waals surface area (Å²) in [7, 11) is 3.87. The van der Waals surface area contributed by atoms with E-state index in [1.807, 2.05) is 55.5 Å². The zero-order valence-electron chi connectivity index (χ0n) is 22.9. The number of carbonyl (C=O) groups is 3. The Morgan fingerprint density at radius 1 is 0.950 bits per heavy atom. The van der Waals surface area contributed by atoms with Gasteiger partial charge in [-0.3, -0.25) is 14.5 Å². The molecule has 0 aromatic heterocycles. The lowest BCUT2D eigenvalue weighted by Crippen LogP contribution is -2.48. The van der Waals surface area contributed by atoms with E-state index in [9.17, 15) is 19.5 Å². The smallest absolute Gasteiger partial charge is 0.335 e. The summed E-state index contributed by atoms with van der Waals surface area (Å²) in [5, 5.41) is 15.8. The molecular weight excluding hydrogens is 506 g/mol. The quantitative estimate of drug-likeness (QED) is 0.392. The number of benzene rings is 3. The molecule has 2 aliphatic rings. The van der Waals surface area contributed by atoms with Gasteiger partial charge >= 0.3 is 5.97 Å². The van der Waals surface area contributed by atoms with Crippen molar-refractivity contribution in [2.45, 2.75) is 6.92 Å². The SMILES string of the molecule is Cc1ccc(C(Nc2ccc(N(C)C(=O)CN3CCN(C)CC3)cc2)=C2C(=O)Nc3ccc(C(=O)O)cc32)cc1. The Balaban J connectivity index is 1.43. The van der Waals surface area contributed by atoms with E-state index in [4.69, 9.17) is 0 Å². The monoisotopic (exact) mass is 539 g/mol. The normalized spacial score (nSPS) is 16.7. The maximum Gasteiger partial charge on any atom is 0.335 e. The third-order valence-corrected chi connectivity index (χ3v) is 7.45. The molecule has 2 aliphatic heterocycles. The summed E-state index contributed by atoms with van der Waals surface area (Å²) >= 11 is 0. The van der Waals surface area contributed by atoms with Crippen molar-refractivity contribution in [3.05, 3.63) is 89.0 Å². The number of nitrogens with one attached hydrogen (secondary N) is 2. The molecule has 40 heavy (non-hydrogen) atoms. The standard InChI is InChI=1S/C31H33N5O4/c1-20-4-6-21(7-5-20)29(28-25-18-22(31(39)40)8-13-26(25)33-30(28)38)32-23-9-11-24(12-10-23)35(3)27(37)19-36-16-14-34(2)15-17-36/h4-13,18,32H,14-17,19H2,1-3H3,(H,33,38)(H,39,40). The average molecular weight is 540 g/mol. The number of rotatable bonds is 7. The second-order valence-corrected chi connectivity index (χ2v) is 10.3. The number of carboxylic acids is 1. The average Bonchev–Trinajstić information content (AvgIpc) is 3.28. The van der Waals surface area contributed by atoms with Gasteiger partial charge in [0.1, 0.15) is 0 Å². The molecule has 0 aliphatic carbocycles. The highest BCUT2D eigenvalue weighted by molar-refractivity contribution is 6.37. The number of hydrogen-bond acceptors (Lipinski definition) is 6. The molecule has 0 spiro atoms. The highest BCUT2D eigenvalue weighted by Crippen LogP contribution is 2.38. The lowest BCUT2D eigenvalue weighted by Gasteiger charge is -2.32. The molecule has 2 heterocycles. The van der Waals surface area contributed by atoms with E-state index >= 15 is 0 Å². The molecule has 0 atom stereocenters. The fraction of sp³-hybridized carbons (Fsp3) is 0.258. The minimum absolute atomic E-state index is 0.0289. The second-order valence-electron chi connectivity index (χ2n) is 10.3. The van der Waals surface area contributed by atoms with E-state index in [0.717, 1.165) is 48.7 Å². The van der Waals surface area contributed by atoms with E-state index in [0.29, 0.717) is 29.1 Å². The van der Waals surface area contributed by atoms with Gasteiger partial charge in [-0.1, -0.05) is 29.8 Å². The van der Waals surface area contributed by atoms with Crippen LogP contribution in [0.5, 0.6) is 0 Å². The van der Waals surface area contributed by atoms with Crippen LogP contribution in [0.2, 0.25) is 0 Å². The first kappa shape index (κ1) is 27.1. The molecule has 3 N–H and O–H groups in total. The molecule has 2 amide bonds. The number of aryl methyl sites for hydroxylation is 1. The Hall–Kier alpha value is -4.47. The predicted molar refractivity (Wildman–Crippen MR) is 157 cm³/mol. The number of piperazine rings is 1. The highest BCUT2D eigenvalue weighted by atomic mass is 16.4. The van der Waals surface area contributed by atoms with Gasteiger partial charge in [-0.15, -0.1) is 0 Å². The van der Waals surface area contributed by atoms with Crippen molar-refractivity contribution in [3.8, 4) is 0 Å². The van der Waals surface area contributed by atoms with Gasteiger partial charge in [0, 0.05) is 55.9 Å². The number of nitrogens with zero attached hydrogens (tertiary/aromatic N) is 3. The lowest BCUT2D eigenvalue weighted by atomic mass is 9.98.